The first-order valence-corrected chi connectivity index (χ1v) is 10.8. The van der Waals surface area contributed by atoms with Crippen LogP contribution in [0, 0.1) is 6.92 Å². The van der Waals surface area contributed by atoms with Crippen LogP contribution < -0.4 is 0 Å². The predicted octanol–water partition coefficient (Wildman–Crippen LogP) is 4.95. The first-order valence-electron chi connectivity index (χ1n) is 10.8. The molecular weight excluding hydrogens is 419 g/mol. The third kappa shape index (κ3) is 3.66. The summed E-state index contributed by atoms with van der Waals surface area (Å²) in [6.07, 6.45) is -3.39. The van der Waals surface area contributed by atoms with E-state index in [1.165, 1.54) is 6.07 Å². The Morgan fingerprint density at radius 3 is 2.47 bits per heavy atom. The van der Waals surface area contributed by atoms with E-state index in [1.54, 1.807) is 17.0 Å². The molecule has 0 atom stereocenters. The van der Waals surface area contributed by atoms with Gasteiger partial charge in [-0.05, 0) is 49.4 Å². The highest BCUT2D eigenvalue weighted by molar-refractivity contribution is 6.05. The maximum atomic E-state index is 13.4. The summed E-state index contributed by atoms with van der Waals surface area (Å²) in [7, 11) is 0. The maximum absolute atomic E-state index is 13.4. The van der Waals surface area contributed by atoms with Crippen molar-refractivity contribution >= 4 is 16.8 Å². The third-order valence-electron chi connectivity index (χ3n) is 6.52. The molecule has 3 heterocycles. The van der Waals surface area contributed by atoms with Crippen molar-refractivity contribution in [2.45, 2.75) is 37.9 Å². The molecule has 2 aliphatic heterocycles. The molecule has 8 heteroatoms. The standard InChI is InChI=1S/C24H24F3N3O2/c1-15-6-7-21-19(12-15)22(28-30(21)17-13-32-14-17)23(31)29-10-8-16(9-11-29)18-4-2-3-5-20(18)24(25,26)27/h2-7,12,16-17H,8-11,13-14H2,1H3. The summed E-state index contributed by atoms with van der Waals surface area (Å²) in [6, 6.07) is 11.8. The van der Waals surface area contributed by atoms with Crippen molar-refractivity contribution in [1.29, 1.82) is 0 Å². The molecule has 32 heavy (non-hydrogen) atoms. The summed E-state index contributed by atoms with van der Waals surface area (Å²) < 4.78 is 47.5. The Bertz CT molecular complexity index is 1160. The number of fused-ring (bicyclic) bond motifs is 1. The Balaban J connectivity index is 1.38. The molecule has 0 radical (unpaired) electrons. The number of likely N-dealkylation sites (tertiary alicyclic amines) is 1. The number of carbonyl (C=O) groups is 1. The van der Waals surface area contributed by atoms with Crippen LogP contribution in [0.3, 0.4) is 0 Å². The van der Waals surface area contributed by atoms with E-state index >= 15 is 0 Å². The molecule has 0 N–H and O–H groups in total. The fraction of sp³-hybridized carbons (Fsp3) is 0.417. The predicted molar refractivity (Wildman–Crippen MR) is 114 cm³/mol. The minimum absolute atomic E-state index is 0.117. The number of ether oxygens (including phenoxy) is 1. The lowest BCUT2D eigenvalue weighted by molar-refractivity contribution is -0.138. The van der Waals surface area contributed by atoms with Crippen molar-refractivity contribution in [1.82, 2.24) is 14.7 Å². The number of alkyl halides is 3. The summed E-state index contributed by atoms with van der Waals surface area (Å²) in [4.78, 5) is 15.1. The zero-order valence-electron chi connectivity index (χ0n) is 17.7. The van der Waals surface area contributed by atoms with E-state index < -0.39 is 11.7 Å². The number of hydrogen-bond donors (Lipinski definition) is 0. The van der Waals surface area contributed by atoms with Crippen LogP contribution in [0.1, 0.15) is 52.0 Å². The van der Waals surface area contributed by atoms with Crippen LogP contribution in [0.4, 0.5) is 13.2 Å². The Hall–Kier alpha value is -2.87. The fourth-order valence-electron chi connectivity index (χ4n) is 4.71. The molecule has 0 bridgehead atoms. The molecule has 0 unspecified atom stereocenters. The Kier molecular flexibility index (Phi) is 5.20. The molecule has 2 aliphatic rings. The molecule has 0 aliphatic carbocycles. The largest absolute Gasteiger partial charge is 0.416 e. The quantitative estimate of drug-likeness (QED) is 0.575. The van der Waals surface area contributed by atoms with Crippen LogP contribution >= 0.6 is 0 Å². The van der Waals surface area contributed by atoms with E-state index in [2.05, 4.69) is 5.10 Å². The monoisotopic (exact) mass is 443 g/mol. The Labute approximate surface area is 183 Å². The number of halogens is 3. The number of aryl methyl sites for hydroxylation is 1. The van der Waals surface area contributed by atoms with Gasteiger partial charge in [-0.2, -0.15) is 18.3 Å². The van der Waals surface area contributed by atoms with Crippen molar-refractivity contribution < 1.29 is 22.7 Å². The second-order valence-corrected chi connectivity index (χ2v) is 8.66. The van der Waals surface area contributed by atoms with Crippen LogP contribution in [0.5, 0.6) is 0 Å². The summed E-state index contributed by atoms with van der Waals surface area (Å²) in [5.41, 5.74) is 2.10. The maximum Gasteiger partial charge on any atom is 0.416 e. The van der Waals surface area contributed by atoms with Crippen molar-refractivity contribution in [3.05, 3.63) is 64.8 Å². The van der Waals surface area contributed by atoms with Gasteiger partial charge in [0.2, 0.25) is 0 Å². The number of benzene rings is 2. The van der Waals surface area contributed by atoms with E-state index in [1.807, 2.05) is 29.8 Å². The minimum Gasteiger partial charge on any atom is -0.377 e. The molecule has 3 aromatic rings. The number of nitrogens with zero attached hydrogens (tertiary/aromatic N) is 3. The van der Waals surface area contributed by atoms with E-state index in [0.29, 0.717) is 50.4 Å². The lowest BCUT2D eigenvalue weighted by atomic mass is 9.86. The first-order chi connectivity index (χ1) is 15.3. The van der Waals surface area contributed by atoms with Crippen molar-refractivity contribution in [2.24, 2.45) is 0 Å². The number of amides is 1. The van der Waals surface area contributed by atoms with Gasteiger partial charge in [0.05, 0.1) is 30.3 Å². The van der Waals surface area contributed by atoms with Crippen molar-refractivity contribution in [2.75, 3.05) is 26.3 Å². The number of hydrogen-bond acceptors (Lipinski definition) is 3. The van der Waals surface area contributed by atoms with Gasteiger partial charge in [0.25, 0.3) is 5.91 Å². The molecule has 5 nitrogen and oxygen atoms in total. The average Bonchev–Trinajstić information content (AvgIpc) is 3.09. The van der Waals surface area contributed by atoms with Gasteiger partial charge in [0.1, 0.15) is 0 Å². The smallest absolute Gasteiger partial charge is 0.377 e. The van der Waals surface area contributed by atoms with Gasteiger partial charge in [0, 0.05) is 18.5 Å². The highest BCUT2D eigenvalue weighted by Gasteiger charge is 2.36. The molecule has 0 spiro atoms. The zero-order valence-corrected chi connectivity index (χ0v) is 17.7. The minimum atomic E-state index is -4.38. The van der Waals surface area contributed by atoms with Gasteiger partial charge in [-0.15, -0.1) is 0 Å². The van der Waals surface area contributed by atoms with E-state index in [9.17, 15) is 18.0 Å². The van der Waals surface area contributed by atoms with Crippen LogP contribution in [0.2, 0.25) is 0 Å². The summed E-state index contributed by atoms with van der Waals surface area (Å²) >= 11 is 0. The van der Waals surface area contributed by atoms with E-state index in [0.717, 1.165) is 22.5 Å². The molecular formula is C24H24F3N3O2. The Morgan fingerprint density at radius 2 is 1.81 bits per heavy atom. The second kappa shape index (κ2) is 7.92. The van der Waals surface area contributed by atoms with E-state index in [-0.39, 0.29) is 17.9 Å². The van der Waals surface area contributed by atoms with Gasteiger partial charge in [-0.25, -0.2) is 0 Å². The van der Waals surface area contributed by atoms with Gasteiger partial charge in [-0.3, -0.25) is 9.48 Å². The normalized spacial score (nSPS) is 18.2. The first kappa shape index (κ1) is 21.0. The van der Waals surface area contributed by atoms with Crippen LogP contribution in [-0.4, -0.2) is 46.9 Å². The molecule has 2 aromatic carbocycles. The fourth-order valence-corrected chi connectivity index (χ4v) is 4.71. The highest BCUT2D eigenvalue weighted by atomic mass is 19.4. The Morgan fingerprint density at radius 1 is 1.09 bits per heavy atom. The zero-order chi connectivity index (χ0) is 22.5. The molecule has 5 rings (SSSR count). The second-order valence-electron chi connectivity index (χ2n) is 8.66. The summed E-state index contributed by atoms with van der Waals surface area (Å²) in [5.74, 6) is -0.386. The number of piperidine rings is 1. The molecule has 2 fully saturated rings. The average molecular weight is 443 g/mol. The summed E-state index contributed by atoms with van der Waals surface area (Å²) in [6.45, 7) is 3.93. The van der Waals surface area contributed by atoms with Crippen molar-refractivity contribution in [3.8, 4) is 0 Å². The highest BCUT2D eigenvalue weighted by Crippen LogP contribution is 2.39. The SMILES string of the molecule is Cc1ccc2c(c1)c(C(=O)N1CCC(c3ccccc3C(F)(F)F)CC1)nn2C1COC1. The van der Waals surface area contributed by atoms with Crippen LogP contribution in [0.15, 0.2) is 42.5 Å². The summed E-state index contributed by atoms with van der Waals surface area (Å²) in [5, 5.41) is 5.46. The molecule has 168 valence electrons. The van der Waals surface area contributed by atoms with Crippen LogP contribution in [-0.2, 0) is 10.9 Å². The number of rotatable bonds is 3. The third-order valence-corrected chi connectivity index (χ3v) is 6.52. The topological polar surface area (TPSA) is 47.4 Å². The lowest BCUT2D eigenvalue weighted by Crippen LogP contribution is -2.38. The van der Waals surface area contributed by atoms with E-state index in [4.69, 9.17) is 4.74 Å². The number of carbonyl (C=O) groups excluding carboxylic acids is 1. The van der Waals surface area contributed by atoms with Gasteiger partial charge < -0.3 is 9.64 Å². The molecule has 0 saturated carbocycles. The van der Waals surface area contributed by atoms with Gasteiger partial charge in [-0.1, -0.05) is 29.8 Å². The molecule has 2 saturated heterocycles. The lowest BCUT2D eigenvalue weighted by Gasteiger charge is -2.33. The number of aromatic nitrogens is 2. The van der Waals surface area contributed by atoms with Crippen LogP contribution in [0.25, 0.3) is 10.9 Å². The van der Waals surface area contributed by atoms with Crippen molar-refractivity contribution in [3.63, 3.8) is 0 Å². The van der Waals surface area contributed by atoms with Gasteiger partial charge >= 0.3 is 6.18 Å². The molecule has 1 aromatic heterocycles. The van der Waals surface area contributed by atoms with Gasteiger partial charge in [0.15, 0.2) is 5.69 Å². The molecule has 1 amide bonds.